The lowest BCUT2D eigenvalue weighted by atomic mass is 10.1. The van der Waals surface area contributed by atoms with Gasteiger partial charge in [0, 0.05) is 23.2 Å². The topological polar surface area (TPSA) is 72.5 Å². The summed E-state index contributed by atoms with van der Waals surface area (Å²) < 4.78 is 3.91. The van der Waals surface area contributed by atoms with E-state index in [1.165, 1.54) is 0 Å². The Hall–Kier alpha value is -2.37. The first-order valence-electron chi connectivity index (χ1n) is 8.28. The average molecular weight is 406 g/mol. The summed E-state index contributed by atoms with van der Waals surface area (Å²) in [4.78, 5) is 36.3. The second-order valence-electron chi connectivity index (χ2n) is 6.61. The maximum Gasteiger partial charge on any atom is 0.315 e. The molecule has 5 nitrogen and oxygen atoms in total. The summed E-state index contributed by atoms with van der Waals surface area (Å²) in [7, 11) is 0. The van der Waals surface area contributed by atoms with Gasteiger partial charge >= 0.3 is 5.97 Å². The third-order valence-electron chi connectivity index (χ3n) is 4.54. The Labute approximate surface area is 166 Å². The predicted molar refractivity (Wildman–Crippen MR) is 103 cm³/mol. The molecule has 0 unspecified atom stereocenters. The van der Waals surface area contributed by atoms with E-state index in [0.717, 1.165) is 0 Å². The Kier molecular flexibility index (Phi) is 5.27. The number of esters is 1. The average Bonchev–Trinajstić information content (AvgIpc) is 3.19. The van der Waals surface area contributed by atoms with E-state index < -0.39 is 22.3 Å². The van der Waals surface area contributed by atoms with E-state index in [9.17, 15) is 14.4 Å². The number of carbonyl (C=O) groups is 3. The molecule has 0 aromatic heterocycles. The lowest BCUT2D eigenvalue weighted by Crippen LogP contribution is -2.24. The van der Waals surface area contributed by atoms with Crippen molar-refractivity contribution in [3.05, 3.63) is 65.7 Å². The van der Waals surface area contributed by atoms with E-state index >= 15 is 0 Å². The van der Waals surface area contributed by atoms with Crippen LogP contribution in [0.4, 0.5) is 5.69 Å². The zero-order valence-electron chi connectivity index (χ0n) is 14.5. The van der Waals surface area contributed by atoms with Crippen molar-refractivity contribution in [2.45, 2.75) is 17.7 Å². The smallest absolute Gasteiger partial charge is 0.315 e. The second kappa shape index (κ2) is 7.33. The fraction of sp³-hybridized carbons (Fsp3) is 0.250. The monoisotopic (exact) mass is 405 g/mol. The number of ketones is 1. The summed E-state index contributed by atoms with van der Waals surface area (Å²) in [6, 6.07) is 15.1. The Morgan fingerprint density at radius 3 is 2.15 bits per heavy atom. The summed E-state index contributed by atoms with van der Waals surface area (Å²) in [6.45, 7) is 1.21. The van der Waals surface area contributed by atoms with Gasteiger partial charge in [-0.2, -0.15) is 0 Å². The van der Waals surface area contributed by atoms with Crippen LogP contribution in [0, 0.1) is 5.41 Å². The van der Waals surface area contributed by atoms with E-state index in [-0.39, 0.29) is 11.7 Å². The molecule has 1 amide bonds. The van der Waals surface area contributed by atoms with Gasteiger partial charge in [0.2, 0.25) is 0 Å². The molecule has 7 heteroatoms. The van der Waals surface area contributed by atoms with Gasteiger partial charge in [-0.3, -0.25) is 14.4 Å². The van der Waals surface area contributed by atoms with Crippen LogP contribution < -0.4 is 5.32 Å². The van der Waals surface area contributed by atoms with Gasteiger partial charge in [0.25, 0.3) is 5.91 Å². The summed E-state index contributed by atoms with van der Waals surface area (Å²) in [5.41, 5.74) is 0.483. The molecular formula is C20H17Cl2NO4. The summed E-state index contributed by atoms with van der Waals surface area (Å²) in [5.74, 6) is -1.19. The number of amides is 1. The highest BCUT2D eigenvalue weighted by atomic mass is 35.5. The summed E-state index contributed by atoms with van der Waals surface area (Å²) in [6.07, 6.45) is 0.298. The zero-order valence-corrected chi connectivity index (χ0v) is 16.0. The van der Waals surface area contributed by atoms with Gasteiger partial charge in [0.1, 0.15) is 9.75 Å². The van der Waals surface area contributed by atoms with Crippen LogP contribution in [0.15, 0.2) is 54.6 Å². The summed E-state index contributed by atoms with van der Waals surface area (Å²) in [5, 5.41) is 2.75. The van der Waals surface area contributed by atoms with Gasteiger partial charge < -0.3 is 10.1 Å². The minimum Gasteiger partial charge on any atom is -0.457 e. The molecule has 1 aliphatic carbocycles. The van der Waals surface area contributed by atoms with E-state index in [4.69, 9.17) is 27.9 Å². The molecule has 140 valence electrons. The van der Waals surface area contributed by atoms with E-state index in [0.29, 0.717) is 23.2 Å². The van der Waals surface area contributed by atoms with Crippen molar-refractivity contribution in [3.8, 4) is 0 Å². The number of benzene rings is 2. The van der Waals surface area contributed by atoms with Crippen LogP contribution in [0.2, 0.25) is 0 Å². The molecule has 3 rings (SSSR count). The second-order valence-corrected chi connectivity index (χ2v) is 8.09. The van der Waals surface area contributed by atoms with E-state index in [1.54, 1.807) is 55.5 Å². The first kappa shape index (κ1) is 19.4. The van der Waals surface area contributed by atoms with Gasteiger partial charge in [-0.25, -0.2) is 0 Å². The molecule has 1 saturated carbocycles. The highest BCUT2D eigenvalue weighted by molar-refractivity contribution is 6.53. The van der Waals surface area contributed by atoms with Crippen molar-refractivity contribution in [1.82, 2.24) is 0 Å². The molecule has 0 saturated heterocycles. The van der Waals surface area contributed by atoms with Crippen molar-refractivity contribution >= 4 is 46.5 Å². The van der Waals surface area contributed by atoms with Crippen molar-refractivity contribution in [1.29, 1.82) is 0 Å². The number of rotatable bonds is 6. The lowest BCUT2D eigenvalue weighted by Gasteiger charge is -2.11. The third-order valence-corrected chi connectivity index (χ3v) is 5.64. The fourth-order valence-corrected chi connectivity index (χ4v) is 3.22. The number of hydrogen-bond donors (Lipinski definition) is 1. The SMILES string of the molecule is C[C@]1(C(=O)OCC(=O)c2ccc(NC(=O)c3ccccc3)cc2)CC1(Cl)Cl. The van der Waals surface area contributed by atoms with Crippen molar-refractivity contribution in [2.24, 2.45) is 5.41 Å². The molecule has 1 N–H and O–H groups in total. The number of hydrogen-bond acceptors (Lipinski definition) is 4. The van der Waals surface area contributed by atoms with Crippen LogP contribution in [0.25, 0.3) is 0 Å². The van der Waals surface area contributed by atoms with Gasteiger partial charge in [-0.05, 0) is 43.3 Å². The normalized spacial score (nSPS) is 19.8. The molecular weight excluding hydrogens is 389 g/mol. The molecule has 27 heavy (non-hydrogen) atoms. The minimum absolute atomic E-state index is 0.244. The maximum absolute atomic E-state index is 12.2. The fourth-order valence-electron chi connectivity index (χ4n) is 2.53. The molecule has 1 aliphatic rings. The van der Waals surface area contributed by atoms with Crippen LogP contribution in [0.5, 0.6) is 0 Å². The molecule has 0 heterocycles. The van der Waals surface area contributed by atoms with Crippen molar-refractivity contribution < 1.29 is 19.1 Å². The van der Waals surface area contributed by atoms with Crippen molar-refractivity contribution in [3.63, 3.8) is 0 Å². The standard InChI is InChI=1S/C20H17Cl2NO4/c1-19(12-20(19,21)22)18(26)27-11-16(24)13-7-9-15(10-8-13)23-17(25)14-5-3-2-4-6-14/h2-10H,11-12H2,1H3,(H,23,25)/t19-/m1/s1. The van der Waals surface area contributed by atoms with Crippen LogP contribution >= 0.6 is 23.2 Å². The Morgan fingerprint density at radius 1 is 1.00 bits per heavy atom. The van der Waals surface area contributed by atoms with Crippen LogP contribution in [0.1, 0.15) is 34.1 Å². The molecule has 1 atom stereocenters. The summed E-state index contributed by atoms with van der Waals surface area (Å²) >= 11 is 11.8. The Morgan fingerprint density at radius 2 is 1.59 bits per heavy atom. The number of carbonyl (C=O) groups excluding carboxylic acids is 3. The maximum atomic E-state index is 12.2. The van der Waals surface area contributed by atoms with Gasteiger partial charge in [0.05, 0.1) is 0 Å². The van der Waals surface area contributed by atoms with Crippen LogP contribution in [-0.4, -0.2) is 28.6 Å². The first-order valence-corrected chi connectivity index (χ1v) is 9.03. The van der Waals surface area contributed by atoms with E-state index in [2.05, 4.69) is 5.32 Å². The van der Waals surface area contributed by atoms with Gasteiger partial charge in [0.15, 0.2) is 12.4 Å². The molecule has 2 aromatic carbocycles. The number of halogens is 2. The van der Waals surface area contributed by atoms with Gasteiger partial charge in [-0.15, -0.1) is 23.2 Å². The minimum atomic E-state index is -1.13. The van der Waals surface area contributed by atoms with Gasteiger partial charge in [-0.1, -0.05) is 18.2 Å². The number of nitrogens with one attached hydrogen (secondary N) is 1. The zero-order chi connectivity index (χ0) is 19.7. The predicted octanol–water partition coefficient (Wildman–Crippen LogP) is 4.25. The molecule has 0 spiro atoms. The highest BCUT2D eigenvalue weighted by Gasteiger charge is 2.69. The highest BCUT2D eigenvalue weighted by Crippen LogP contribution is 2.64. The molecule has 0 aliphatic heterocycles. The molecule has 2 aromatic rings. The molecule has 1 fully saturated rings. The molecule has 0 bridgehead atoms. The lowest BCUT2D eigenvalue weighted by molar-refractivity contribution is -0.148. The van der Waals surface area contributed by atoms with E-state index in [1.807, 2.05) is 6.07 Å². The molecule has 0 radical (unpaired) electrons. The number of ether oxygens (including phenoxy) is 1. The number of alkyl halides is 2. The first-order chi connectivity index (χ1) is 12.7. The quantitative estimate of drug-likeness (QED) is 0.442. The van der Waals surface area contributed by atoms with Crippen LogP contribution in [-0.2, 0) is 9.53 Å². The largest absolute Gasteiger partial charge is 0.457 e. The Balaban J connectivity index is 1.55. The number of anilines is 1. The number of Topliss-reactive ketones (excluding diaryl/α,β-unsaturated/α-hetero) is 1. The van der Waals surface area contributed by atoms with Crippen LogP contribution in [0.3, 0.4) is 0 Å². The Bertz CT molecular complexity index is 881. The van der Waals surface area contributed by atoms with Crippen molar-refractivity contribution in [2.75, 3.05) is 11.9 Å². The third kappa shape index (κ3) is 4.15.